The normalized spacial score (nSPS) is 26.3. The highest BCUT2D eigenvalue weighted by Gasteiger charge is 2.40. The lowest BCUT2D eigenvalue weighted by atomic mass is 9.72. The van der Waals surface area contributed by atoms with Gasteiger partial charge in [-0.1, -0.05) is 30.3 Å². The van der Waals surface area contributed by atoms with E-state index < -0.39 is 0 Å². The second-order valence-corrected chi connectivity index (χ2v) is 7.26. The maximum atomic E-state index is 10.5. The molecule has 0 saturated carbocycles. The minimum atomic E-state index is -0.388. The summed E-state index contributed by atoms with van der Waals surface area (Å²) in [5, 5.41) is 20.2. The molecule has 0 aliphatic carbocycles. The Bertz CT molecular complexity index is 473. The summed E-state index contributed by atoms with van der Waals surface area (Å²) in [6.07, 6.45) is 4.70. The van der Waals surface area contributed by atoms with E-state index in [4.69, 9.17) is 4.74 Å². The van der Waals surface area contributed by atoms with Gasteiger partial charge in [0.25, 0.3) is 0 Å². The second-order valence-electron chi connectivity index (χ2n) is 7.26. The molecule has 1 unspecified atom stereocenters. The summed E-state index contributed by atoms with van der Waals surface area (Å²) >= 11 is 0. The Labute approximate surface area is 139 Å². The lowest BCUT2D eigenvalue weighted by molar-refractivity contribution is -0.0622. The zero-order chi connectivity index (χ0) is 16.1. The Morgan fingerprint density at radius 3 is 2.61 bits per heavy atom. The van der Waals surface area contributed by atoms with Gasteiger partial charge in [-0.2, -0.15) is 0 Å². The van der Waals surface area contributed by atoms with Crippen LogP contribution in [0, 0.1) is 5.41 Å². The van der Waals surface area contributed by atoms with Crippen LogP contribution in [0.5, 0.6) is 0 Å². The Hall–Kier alpha value is -0.940. The Morgan fingerprint density at radius 1 is 1.17 bits per heavy atom. The van der Waals surface area contributed by atoms with E-state index >= 15 is 0 Å². The predicted molar refractivity (Wildman–Crippen MR) is 90.3 cm³/mol. The summed E-state index contributed by atoms with van der Waals surface area (Å²) in [5.41, 5.74) is 1.49. The van der Waals surface area contributed by atoms with Crippen molar-refractivity contribution in [2.24, 2.45) is 5.41 Å². The molecule has 2 aliphatic rings. The van der Waals surface area contributed by atoms with Crippen molar-refractivity contribution in [2.75, 3.05) is 32.9 Å². The standard InChI is InChI=1S/C19H29NO3/c21-14-17-6-7-19(8-10-23-11-9-19)15-20(17)13-18(22)12-16-4-2-1-3-5-16/h1-5,17-18,21-22H,6-15H2/t17?,18-/m0/s1. The zero-order valence-corrected chi connectivity index (χ0v) is 13.9. The molecule has 1 spiro atoms. The first-order chi connectivity index (χ1) is 11.2. The number of piperidine rings is 1. The van der Waals surface area contributed by atoms with Crippen LogP contribution in [0.3, 0.4) is 0 Å². The average Bonchev–Trinajstić information content (AvgIpc) is 2.57. The van der Waals surface area contributed by atoms with E-state index in [9.17, 15) is 10.2 Å². The molecule has 1 aromatic rings. The molecule has 0 bridgehead atoms. The number of β-amino-alcohol motifs (C(OH)–C–C–N with tert-alkyl or cyclic N) is 1. The molecule has 23 heavy (non-hydrogen) atoms. The maximum absolute atomic E-state index is 10.5. The van der Waals surface area contributed by atoms with E-state index in [0.29, 0.717) is 18.4 Å². The molecule has 2 N–H and O–H groups in total. The summed E-state index contributed by atoms with van der Waals surface area (Å²) in [5.74, 6) is 0. The van der Waals surface area contributed by atoms with Crippen LogP contribution in [-0.4, -0.2) is 60.2 Å². The molecule has 4 nitrogen and oxygen atoms in total. The first kappa shape index (κ1) is 16.9. The monoisotopic (exact) mass is 319 g/mol. The van der Waals surface area contributed by atoms with Crippen LogP contribution in [0.15, 0.2) is 30.3 Å². The lowest BCUT2D eigenvalue weighted by Gasteiger charge is -2.48. The Kier molecular flexibility index (Phi) is 5.70. The van der Waals surface area contributed by atoms with Gasteiger partial charge in [0.2, 0.25) is 0 Å². The largest absolute Gasteiger partial charge is 0.395 e. The van der Waals surface area contributed by atoms with Gasteiger partial charge in [-0.05, 0) is 43.1 Å². The molecule has 0 amide bonds. The third-order valence-electron chi connectivity index (χ3n) is 5.59. The maximum Gasteiger partial charge on any atom is 0.0707 e. The number of aliphatic hydroxyl groups is 2. The highest BCUT2D eigenvalue weighted by atomic mass is 16.5. The highest BCUT2D eigenvalue weighted by Crippen LogP contribution is 2.41. The Balaban J connectivity index is 1.61. The summed E-state index contributed by atoms with van der Waals surface area (Å²) in [4.78, 5) is 2.32. The summed E-state index contributed by atoms with van der Waals surface area (Å²) in [6, 6.07) is 10.3. The SMILES string of the molecule is OCC1CCC2(CCOCC2)CN1C[C@@H](O)Cc1ccccc1. The van der Waals surface area contributed by atoms with Crippen molar-refractivity contribution in [1.29, 1.82) is 0 Å². The Morgan fingerprint density at radius 2 is 1.91 bits per heavy atom. The molecule has 0 radical (unpaired) electrons. The van der Waals surface area contributed by atoms with Gasteiger partial charge < -0.3 is 14.9 Å². The molecule has 1 aromatic carbocycles. The van der Waals surface area contributed by atoms with Crippen LogP contribution < -0.4 is 0 Å². The summed E-state index contributed by atoms with van der Waals surface area (Å²) in [7, 11) is 0. The number of benzene rings is 1. The lowest BCUT2D eigenvalue weighted by Crippen LogP contribution is -2.54. The van der Waals surface area contributed by atoms with E-state index in [1.54, 1.807) is 0 Å². The van der Waals surface area contributed by atoms with Crippen molar-refractivity contribution < 1.29 is 14.9 Å². The molecule has 128 valence electrons. The van der Waals surface area contributed by atoms with Gasteiger partial charge in [0, 0.05) is 32.3 Å². The number of likely N-dealkylation sites (tertiary alicyclic amines) is 1. The number of hydrogen-bond acceptors (Lipinski definition) is 4. The van der Waals surface area contributed by atoms with E-state index in [0.717, 1.165) is 39.0 Å². The number of ether oxygens (including phenoxy) is 1. The number of aliphatic hydroxyl groups excluding tert-OH is 2. The molecule has 2 saturated heterocycles. The minimum absolute atomic E-state index is 0.185. The number of hydrogen-bond donors (Lipinski definition) is 2. The van der Waals surface area contributed by atoms with Crippen molar-refractivity contribution in [3.05, 3.63) is 35.9 Å². The minimum Gasteiger partial charge on any atom is -0.395 e. The third-order valence-corrected chi connectivity index (χ3v) is 5.59. The molecule has 3 rings (SSSR count). The van der Waals surface area contributed by atoms with Gasteiger partial charge in [0.1, 0.15) is 0 Å². The van der Waals surface area contributed by atoms with E-state index in [1.807, 2.05) is 18.2 Å². The van der Waals surface area contributed by atoms with Crippen LogP contribution >= 0.6 is 0 Å². The number of nitrogens with zero attached hydrogens (tertiary/aromatic N) is 1. The summed E-state index contributed by atoms with van der Waals surface area (Å²) < 4.78 is 5.53. The first-order valence-electron chi connectivity index (χ1n) is 8.85. The molecule has 2 heterocycles. The van der Waals surface area contributed by atoms with E-state index in [-0.39, 0.29) is 18.8 Å². The van der Waals surface area contributed by atoms with Gasteiger partial charge >= 0.3 is 0 Å². The van der Waals surface area contributed by atoms with Crippen molar-refractivity contribution in [3.63, 3.8) is 0 Å². The molecule has 4 heteroatoms. The molecular formula is C19H29NO3. The van der Waals surface area contributed by atoms with Gasteiger partial charge in [-0.3, -0.25) is 4.90 Å². The van der Waals surface area contributed by atoms with Crippen LogP contribution in [0.2, 0.25) is 0 Å². The highest BCUT2D eigenvalue weighted by molar-refractivity contribution is 5.15. The third kappa shape index (κ3) is 4.32. The van der Waals surface area contributed by atoms with Gasteiger partial charge in [-0.25, -0.2) is 0 Å². The number of rotatable bonds is 5. The zero-order valence-electron chi connectivity index (χ0n) is 13.9. The van der Waals surface area contributed by atoms with Crippen LogP contribution in [0.25, 0.3) is 0 Å². The molecule has 0 aromatic heterocycles. The van der Waals surface area contributed by atoms with Crippen molar-refractivity contribution >= 4 is 0 Å². The fourth-order valence-corrected chi connectivity index (χ4v) is 4.15. The van der Waals surface area contributed by atoms with Crippen molar-refractivity contribution in [1.82, 2.24) is 4.90 Å². The van der Waals surface area contributed by atoms with Gasteiger partial charge in [0.15, 0.2) is 0 Å². The quantitative estimate of drug-likeness (QED) is 0.870. The van der Waals surface area contributed by atoms with Crippen molar-refractivity contribution in [2.45, 2.75) is 44.2 Å². The van der Waals surface area contributed by atoms with Crippen LogP contribution in [0.4, 0.5) is 0 Å². The topological polar surface area (TPSA) is 52.9 Å². The molecule has 2 fully saturated rings. The fraction of sp³-hybridized carbons (Fsp3) is 0.684. The van der Waals surface area contributed by atoms with Crippen LogP contribution in [-0.2, 0) is 11.2 Å². The molecule has 2 atom stereocenters. The first-order valence-corrected chi connectivity index (χ1v) is 8.85. The predicted octanol–water partition coefficient (Wildman–Crippen LogP) is 1.84. The van der Waals surface area contributed by atoms with Gasteiger partial charge in [0.05, 0.1) is 12.7 Å². The smallest absolute Gasteiger partial charge is 0.0707 e. The van der Waals surface area contributed by atoms with E-state index in [1.165, 1.54) is 12.0 Å². The molecule has 2 aliphatic heterocycles. The fourth-order valence-electron chi connectivity index (χ4n) is 4.15. The van der Waals surface area contributed by atoms with Gasteiger partial charge in [-0.15, -0.1) is 0 Å². The average molecular weight is 319 g/mol. The molecular weight excluding hydrogens is 290 g/mol. The summed E-state index contributed by atoms with van der Waals surface area (Å²) in [6.45, 7) is 3.51. The second kappa shape index (κ2) is 7.75. The van der Waals surface area contributed by atoms with E-state index in [2.05, 4.69) is 17.0 Å². The van der Waals surface area contributed by atoms with Crippen molar-refractivity contribution in [3.8, 4) is 0 Å². The van der Waals surface area contributed by atoms with Crippen LogP contribution in [0.1, 0.15) is 31.2 Å².